The van der Waals surface area contributed by atoms with Crippen molar-refractivity contribution in [1.29, 1.82) is 0 Å². The SMILES string of the molecule is CC(=O)O[C@@H]1CCc2cc(c(O)c3c2CC[C@H]2CCC[C@H]2O3)CN2C[C@](Cc3ccnc(N)c3)(CC2=O)[C@H]2C#CC[C@H]3CC[C@]4(CCC[C@@]4(NC(N)=NC2)SSCCCCCC[C@H](O)C1)C3. The molecule has 358 valence electrons. The average molecular weight is 941 g/mol. The summed E-state index contributed by atoms with van der Waals surface area (Å²) in [5.74, 6) is 10.3. The molecular formula is C52H72N6O6S2. The molecule has 7 N–H and O–H groups in total. The van der Waals surface area contributed by atoms with Crippen molar-refractivity contribution in [3.63, 3.8) is 0 Å². The number of hydrogen-bond acceptors (Lipinski definition) is 13. The van der Waals surface area contributed by atoms with Crippen molar-refractivity contribution in [2.75, 3.05) is 24.6 Å². The number of carbonyl (C=O) groups excluding carboxylic acids is 2. The van der Waals surface area contributed by atoms with Gasteiger partial charge in [0.05, 0.1) is 12.6 Å². The molecule has 8 bridgehead atoms. The van der Waals surface area contributed by atoms with Crippen LogP contribution in [0.2, 0.25) is 0 Å². The normalized spacial score (nSPS) is 34.3. The second kappa shape index (κ2) is 20.4. The third-order valence-corrected chi connectivity index (χ3v) is 19.8. The number of phenols is 1. The van der Waals surface area contributed by atoms with Gasteiger partial charge >= 0.3 is 5.97 Å². The Hall–Kier alpha value is -3.80. The maximum absolute atomic E-state index is 14.7. The summed E-state index contributed by atoms with van der Waals surface area (Å²) in [5.41, 5.74) is 16.4. The zero-order valence-corrected chi connectivity index (χ0v) is 40.6. The number of aromatic hydroxyl groups is 1. The van der Waals surface area contributed by atoms with Gasteiger partial charge < -0.3 is 41.4 Å². The third-order valence-electron chi connectivity index (χ3n) is 16.5. The first-order chi connectivity index (χ1) is 31.9. The van der Waals surface area contributed by atoms with Gasteiger partial charge in [-0.3, -0.25) is 14.6 Å². The number of aromatic nitrogens is 1. The molecule has 2 aromatic rings. The Kier molecular flexibility index (Phi) is 14.6. The first-order valence-electron chi connectivity index (χ1n) is 25.2. The number of nitrogens with zero attached hydrogens (tertiary/aromatic N) is 3. The largest absolute Gasteiger partial charge is 0.504 e. The van der Waals surface area contributed by atoms with Crippen LogP contribution in [-0.2, 0) is 40.1 Å². The Morgan fingerprint density at radius 3 is 2.77 bits per heavy atom. The fraction of sp³-hybridized carbons (Fsp3) is 0.692. The summed E-state index contributed by atoms with van der Waals surface area (Å²) in [5, 5.41) is 27.4. The lowest BCUT2D eigenvalue weighted by Crippen LogP contribution is -2.56. The maximum atomic E-state index is 14.7. The van der Waals surface area contributed by atoms with Gasteiger partial charge in [-0.05, 0) is 144 Å². The topological polar surface area (TPSA) is 186 Å². The minimum absolute atomic E-state index is 0.00660. The smallest absolute Gasteiger partial charge is 0.302 e. The number of aliphatic imine (C=N–C) groups is 1. The van der Waals surface area contributed by atoms with Crippen LogP contribution in [0, 0.1) is 40.4 Å². The van der Waals surface area contributed by atoms with E-state index < -0.39 is 17.6 Å². The van der Waals surface area contributed by atoms with Crippen molar-refractivity contribution in [3.05, 3.63) is 46.6 Å². The third kappa shape index (κ3) is 10.3. The van der Waals surface area contributed by atoms with Gasteiger partial charge in [-0.1, -0.05) is 46.8 Å². The lowest BCUT2D eigenvalue weighted by molar-refractivity contribution is -0.148. The van der Waals surface area contributed by atoms with Gasteiger partial charge in [0.1, 0.15) is 22.9 Å². The van der Waals surface area contributed by atoms with Gasteiger partial charge in [-0.25, -0.2) is 4.98 Å². The number of ether oxygens (including phenoxy) is 2. The molecule has 1 amide bonds. The van der Waals surface area contributed by atoms with Crippen LogP contribution in [0.4, 0.5) is 5.82 Å². The predicted octanol–water partition coefficient (Wildman–Crippen LogP) is 8.38. The zero-order valence-electron chi connectivity index (χ0n) is 39.0. The predicted molar refractivity (Wildman–Crippen MR) is 263 cm³/mol. The van der Waals surface area contributed by atoms with Gasteiger partial charge in [-0.15, -0.1) is 5.92 Å². The molecule has 14 heteroatoms. The molecule has 3 saturated carbocycles. The highest BCUT2D eigenvalue weighted by Gasteiger charge is 2.59. The Labute approximate surface area is 399 Å². The number of anilines is 1. The molecule has 5 heterocycles. The Bertz CT molecular complexity index is 2200. The van der Waals surface area contributed by atoms with Crippen molar-refractivity contribution in [2.45, 2.75) is 178 Å². The lowest BCUT2D eigenvalue weighted by Gasteiger charge is -2.44. The number of carbonyl (C=O) groups is 2. The molecule has 3 aliphatic carbocycles. The number of aliphatic hydroxyl groups excluding tert-OH is 1. The number of fused-ring (bicyclic) bond motifs is 12. The maximum Gasteiger partial charge on any atom is 0.302 e. The van der Waals surface area contributed by atoms with Crippen LogP contribution in [0.15, 0.2) is 29.4 Å². The minimum atomic E-state index is -0.637. The number of benzene rings is 1. The van der Waals surface area contributed by atoms with Crippen LogP contribution < -0.4 is 21.5 Å². The van der Waals surface area contributed by atoms with Crippen LogP contribution >= 0.6 is 21.6 Å². The molecule has 4 aliphatic heterocycles. The highest BCUT2D eigenvalue weighted by atomic mass is 33.1. The molecule has 0 unspecified atom stereocenters. The number of phenolic OH excluding ortho intramolecular Hbond substituents is 1. The Morgan fingerprint density at radius 2 is 1.91 bits per heavy atom. The summed E-state index contributed by atoms with van der Waals surface area (Å²) in [6.07, 6.45) is 20.3. The molecule has 1 aromatic heterocycles. The van der Waals surface area contributed by atoms with Gasteiger partial charge in [0.2, 0.25) is 5.91 Å². The summed E-state index contributed by atoms with van der Waals surface area (Å²) >= 11 is 0. The van der Waals surface area contributed by atoms with E-state index in [1.54, 1.807) is 6.20 Å². The van der Waals surface area contributed by atoms with Crippen molar-refractivity contribution in [3.8, 4) is 23.3 Å². The molecule has 1 aromatic carbocycles. The van der Waals surface area contributed by atoms with E-state index in [9.17, 15) is 19.8 Å². The number of guanidine groups is 1. The monoisotopic (exact) mass is 940 g/mol. The standard InChI is InChI=1S/C52H72N6O6S2/c1-34(59)63-42-16-14-38-26-39(47(62)48-43(38)17-15-37-10-7-13-44(37)64-48)32-58-33-50(30-46(58)61,28-36-19-23-55-45(53)25-36)40-11-6-9-35-18-22-51(29-35)20-8-21-52(51,57-49(54)56-31-40)66-65-24-5-3-2-4-12-41(60)27-42/h19,23,25-26,35,37,40-42,44,60,62H,2-5,7-10,12-18,20-22,24,27-33H2,1H3,(H2,53,55)(H3,54,56,57)/t35-,37+,40-,41-,42+,44+,50-,51+,52+/m0/s1. The fourth-order valence-corrected chi connectivity index (χ4v) is 16.7. The van der Waals surface area contributed by atoms with E-state index in [1.807, 2.05) is 38.6 Å². The van der Waals surface area contributed by atoms with Crippen LogP contribution in [0.3, 0.4) is 0 Å². The summed E-state index contributed by atoms with van der Waals surface area (Å²) in [6, 6.07) is 5.94. The van der Waals surface area contributed by atoms with Crippen molar-refractivity contribution >= 4 is 45.2 Å². The highest BCUT2D eigenvalue weighted by molar-refractivity contribution is 8.77. The van der Waals surface area contributed by atoms with Crippen LogP contribution in [0.25, 0.3) is 0 Å². The average Bonchev–Trinajstić information content (AvgIpc) is 4.03. The van der Waals surface area contributed by atoms with Crippen molar-refractivity contribution in [2.24, 2.45) is 39.3 Å². The molecule has 12 nitrogen and oxygen atoms in total. The number of aryl methyl sites for hydroxylation is 1. The van der Waals surface area contributed by atoms with Gasteiger partial charge in [-0.2, -0.15) is 0 Å². The number of hydrogen-bond donors (Lipinski definition) is 5. The van der Waals surface area contributed by atoms with Crippen LogP contribution in [0.5, 0.6) is 11.5 Å². The molecular weight excluding hydrogens is 869 g/mol. The first kappa shape index (κ1) is 47.3. The van der Waals surface area contributed by atoms with Gasteiger partial charge in [0.15, 0.2) is 17.5 Å². The zero-order chi connectivity index (χ0) is 45.9. The van der Waals surface area contributed by atoms with E-state index in [4.69, 9.17) is 25.9 Å². The summed E-state index contributed by atoms with van der Waals surface area (Å²) in [4.78, 5) is 38.2. The van der Waals surface area contributed by atoms with Gasteiger partial charge in [0, 0.05) is 79.1 Å². The number of nitrogens with one attached hydrogen (secondary N) is 1. The molecule has 1 saturated heterocycles. The number of esters is 1. The molecule has 66 heavy (non-hydrogen) atoms. The quantitative estimate of drug-likeness (QED) is 0.113. The molecule has 0 radical (unpaired) electrons. The fourth-order valence-electron chi connectivity index (χ4n) is 13.2. The number of amides is 1. The molecule has 4 fully saturated rings. The van der Waals surface area contributed by atoms with E-state index >= 15 is 0 Å². The van der Waals surface area contributed by atoms with Crippen LogP contribution in [0.1, 0.15) is 151 Å². The van der Waals surface area contributed by atoms with Crippen molar-refractivity contribution in [1.82, 2.24) is 15.2 Å². The van der Waals surface area contributed by atoms with Crippen LogP contribution in [-0.4, -0.2) is 80.0 Å². The van der Waals surface area contributed by atoms with E-state index in [0.717, 1.165) is 119 Å². The number of nitrogen functional groups attached to an aromatic ring is 1. The summed E-state index contributed by atoms with van der Waals surface area (Å²) < 4.78 is 12.7. The summed E-state index contributed by atoms with van der Waals surface area (Å²) in [6.45, 7) is 2.39. The van der Waals surface area contributed by atoms with Gasteiger partial charge in [0.25, 0.3) is 0 Å². The number of rotatable bonds is 3. The minimum Gasteiger partial charge on any atom is -0.504 e. The van der Waals surface area contributed by atoms with Crippen molar-refractivity contribution < 1.29 is 29.3 Å². The second-order valence-corrected chi connectivity index (χ2v) is 23.8. The molecule has 9 rings (SSSR count). The van der Waals surface area contributed by atoms with E-state index in [-0.39, 0.29) is 52.9 Å². The Morgan fingerprint density at radius 1 is 1.03 bits per heavy atom. The summed E-state index contributed by atoms with van der Waals surface area (Å²) in [7, 11) is 3.94. The van der Waals surface area contributed by atoms with E-state index in [1.165, 1.54) is 13.3 Å². The molecule has 7 aliphatic rings. The molecule has 9 atom stereocenters. The van der Waals surface area contributed by atoms with E-state index in [2.05, 4.69) is 28.2 Å². The number of nitrogens with two attached hydrogens (primary N) is 2. The lowest BCUT2D eigenvalue weighted by atomic mass is 9.70. The first-order valence-corrected chi connectivity index (χ1v) is 27.5. The second-order valence-electron chi connectivity index (χ2n) is 21.1. The Balaban J connectivity index is 1.10. The number of aliphatic hydroxyl groups is 1. The number of pyridine rings is 1. The van der Waals surface area contributed by atoms with E-state index in [0.29, 0.717) is 80.1 Å². The molecule has 2 spiro atoms. The highest BCUT2D eigenvalue weighted by Crippen LogP contribution is 2.64.